The van der Waals surface area contributed by atoms with Gasteiger partial charge >= 0.3 is 0 Å². The van der Waals surface area contributed by atoms with E-state index in [9.17, 15) is 4.79 Å². The Morgan fingerprint density at radius 1 is 1.46 bits per heavy atom. The fourth-order valence-electron chi connectivity index (χ4n) is 0.704. The first-order valence-electron chi connectivity index (χ1n) is 4.78. The molecule has 0 aliphatic heterocycles. The molecule has 0 rings (SSSR count). The lowest BCUT2D eigenvalue weighted by atomic mass is 10.2. The maximum Gasteiger partial charge on any atom is 0.257 e. The Labute approximate surface area is 80.0 Å². The Kier molecular flexibility index (Phi) is 7.63. The van der Waals surface area contributed by atoms with Gasteiger partial charge in [0.25, 0.3) is 5.91 Å². The molecule has 0 spiro atoms. The van der Waals surface area contributed by atoms with Gasteiger partial charge in [-0.2, -0.15) is 0 Å². The largest absolute Gasteiger partial charge is 0.308 e. The van der Waals surface area contributed by atoms with Crippen molar-refractivity contribution in [2.24, 2.45) is 5.92 Å². The third-order valence-corrected chi connectivity index (χ3v) is 1.32. The second-order valence-corrected chi connectivity index (χ2v) is 3.41. The minimum Gasteiger partial charge on any atom is -0.308 e. The minimum atomic E-state index is -0.117. The van der Waals surface area contributed by atoms with Gasteiger partial charge in [-0.1, -0.05) is 20.8 Å². The third kappa shape index (κ3) is 9.30. The first-order chi connectivity index (χ1) is 6.16. The molecule has 0 heterocycles. The van der Waals surface area contributed by atoms with Gasteiger partial charge in [0.15, 0.2) is 0 Å². The van der Waals surface area contributed by atoms with E-state index >= 15 is 0 Å². The second-order valence-electron chi connectivity index (χ2n) is 3.41. The van der Waals surface area contributed by atoms with Crippen molar-refractivity contribution in [1.29, 1.82) is 0 Å². The quantitative estimate of drug-likeness (QED) is 0.456. The van der Waals surface area contributed by atoms with E-state index in [1.807, 2.05) is 13.8 Å². The zero-order valence-electron chi connectivity index (χ0n) is 8.72. The molecule has 0 atom stereocenters. The van der Waals surface area contributed by atoms with Crippen LogP contribution >= 0.6 is 0 Å². The Morgan fingerprint density at radius 2 is 2.15 bits per heavy atom. The van der Waals surface area contributed by atoms with Crippen LogP contribution in [0.5, 0.6) is 0 Å². The van der Waals surface area contributed by atoms with Crippen LogP contribution < -0.4 is 10.8 Å². The van der Waals surface area contributed by atoms with Crippen molar-refractivity contribution in [3.8, 4) is 0 Å². The molecule has 1 amide bonds. The van der Waals surface area contributed by atoms with Gasteiger partial charge in [0.2, 0.25) is 0 Å². The van der Waals surface area contributed by atoms with E-state index in [1.165, 1.54) is 0 Å². The topological polar surface area (TPSA) is 50.4 Å². The van der Waals surface area contributed by atoms with E-state index in [0.717, 1.165) is 13.0 Å². The molecule has 0 radical (unpaired) electrons. The van der Waals surface area contributed by atoms with Crippen molar-refractivity contribution in [2.45, 2.75) is 27.2 Å². The Morgan fingerprint density at radius 3 is 2.69 bits per heavy atom. The first-order valence-corrected chi connectivity index (χ1v) is 4.78. The highest BCUT2D eigenvalue weighted by atomic mass is 16.6. The van der Waals surface area contributed by atoms with E-state index in [1.54, 1.807) is 0 Å². The fourth-order valence-corrected chi connectivity index (χ4v) is 0.704. The van der Waals surface area contributed by atoms with Gasteiger partial charge in [-0.05, 0) is 18.9 Å². The molecule has 0 fully saturated rings. The van der Waals surface area contributed by atoms with Crippen LogP contribution in [-0.4, -0.2) is 25.6 Å². The van der Waals surface area contributed by atoms with Crippen molar-refractivity contribution < 1.29 is 9.63 Å². The molecule has 0 aliphatic carbocycles. The number of hydroxylamine groups is 1. The highest BCUT2D eigenvalue weighted by Crippen LogP contribution is 1.89. The van der Waals surface area contributed by atoms with E-state index in [0.29, 0.717) is 19.1 Å². The van der Waals surface area contributed by atoms with Crippen molar-refractivity contribution in [2.75, 3.05) is 19.7 Å². The number of hydrogen-bond acceptors (Lipinski definition) is 3. The van der Waals surface area contributed by atoms with Gasteiger partial charge in [-0.3, -0.25) is 9.63 Å². The van der Waals surface area contributed by atoms with Crippen molar-refractivity contribution >= 4 is 5.91 Å². The molecule has 0 aromatic carbocycles. The zero-order valence-corrected chi connectivity index (χ0v) is 8.72. The number of rotatable bonds is 7. The lowest BCUT2D eigenvalue weighted by molar-refractivity contribution is -0.133. The number of amides is 1. The standard InChI is InChI=1S/C9H20N2O2/c1-4-5-10-6-9(12)11-13-7-8(2)3/h8,10H,4-7H2,1-3H3,(H,11,12). The van der Waals surface area contributed by atoms with Crippen LogP contribution in [0.25, 0.3) is 0 Å². The number of carbonyl (C=O) groups is 1. The average Bonchev–Trinajstić information content (AvgIpc) is 2.04. The highest BCUT2D eigenvalue weighted by Gasteiger charge is 2.00. The summed E-state index contributed by atoms with van der Waals surface area (Å²) in [6, 6.07) is 0. The maximum atomic E-state index is 11.0. The van der Waals surface area contributed by atoms with Gasteiger partial charge in [0, 0.05) is 0 Å². The van der Waals surface area contributed by atoms with Crippen LogP contribution in [0.3, 0.4) is 0 Å². The Balaban J connectivity index is 3.20. The van der Waals surface area contributed by atoms with E-state index in [2.05, 4.69) is 17.7 Å². The molecular weight excluding hydrogens is 168 g/mol. The van der Waals surface area contributed by atoms with Crippen LogP contribution in [0, 0.1) is 5.92 Å². The molecule has 13 heavy (non-hydrogen) atoms. The highest BCUT2D eigenvalue weighted by molar-refractivity contribution is 5.76. The summed E-state index contributed by atoms with van der Waals surface area (Å²) >= 11 is 0. The predicted octanol–water partition coefficient (Wildman–Crippen LogP) is 0.690. The van der Waals surface area contributed by atoms with E-state index in [4.69, 9.17) is 4.84 Å². The molecule has 4 heteroatoms. The monoisotopic (exact) mass is 188 g/mol. The smallest absolute Gasteiger partial charge is 0.257 e. The first kappa shape index (κ1) is 12.4. The summed E-state index contributed by atoms with van der Waals surface area (Å²) in [6.07, 6.45) is 1.03. The van der Waals surface area contributed by atoms with Crippen molar-refractivity contribution in [3.63, 3.8) is 0 Å². The van der Waals surface area contributed by atoms with Crippen LogP contribution in [0.15, 0.2) is 0 Å². The fraction of sp³-hybridized carbons (Fsp3) is 0.889. The molecule has 4 nitrogen and oxygen atoms in total. The van der Waals surface area contributed by atoms with Gasteiger partial charge in [0.05, 0.1) is 13.2 Å². The van der Waals surface area contributed by atoms with Gasteiger partial charge in [-0.15, -0.1) is 0 Å². The molecule has 0 aromatic rings. The molecule has 2 N–H and O–H groups in total. The van der Waals surface area contributed by atoms with E-state index < -0.39 is 0 Å². The molecule has 0 saturated carbocycles. The molecular formula is C9H20N2O2. The number of nitrogens with one attached hydrogen (secondary N) is 2. The summed E-state index contributed by atoms with van der Waals surface area (Å²) in [4.78, 5) is 15.9. The van der Waals surface area contributed by atoms with Crippen molar-refractivity contribution in [3.05, 3.63) is 0 Å². The van der Waals surface area contributed by atoms with Crippen LogP contribution in [-0.2, 0) is 9.63 Å². The summed E-state index contributed by atoms with van der Waals surface area (Å²) in [5.74, 6) is 0.318. The molecule has 0 unspecified atom stereocenters. The number of hydrogen-bond donors (Lipinski definition) is 2. The maximum absolute atomic E-state index is 11.0. The molecule has 0 aliphatic rings. The van der Waals surface area contributed by atoms with Crippen LogP contribution in [0.1, 0.15) is 27.2 Å². The average molecular weight is 188 g/mol. The summed E-state index contributed by atoms with van der Waals surface area (Å²) in [5.41, 5.74) is 2.37. The summed E-state index contributed by atoms with van der Waals surface area (Å²) in [5, 5.41) is 2.98. The molecule has 0 aromatic heterocycles. The SMILES string of the molecule is CCCNCC(=O)NOCC(C)C. The Hall–Kier alpha value is -0.610. The second kappa shape index (κ2) is 8.01. The summed E-state index contributed by atoms with van der Waals surface area (Å²) < 4.78 is 0. The zero-order chi connectivity index (χ0) is 10.1. The Bertz CT molecular complexity index is 138. The molecule has 0 bridgehead atoms. The van der Waals surface area contributed by atoms with Gasteiger partial charge in [0.1, 0.15) is 0 Å². The predicted molar refractivity (Wildman–Crippen MR) is 52.1 cm³/mol. The summed E-state index contributed by atoms with van der Waals surface area (Å²) in [7, 11) is 0. The lowest BCUT2D eigenvalue weighted by Gasteiger charge is -2.07. The lowest BCUT2D eigenvalue weighted by Crippen LogP contribution is -2.34. The van der Waals surface area contributed by atoms with Gasteiger partial charge < -0.3 is 5.32 Å². The van der Waals surface area contributed by atoms with Crippen LogP contribution in [0.4, 0.5) is 0 Å². The molecule has 0 saturated heterocycles. The third-order valence-electron chi connectivity index (χ3n) is 1.32. The minimum absolute atomic E-state index is 0.117. The van der Waals surface area contributed by atoms with Crippen molar-refractivity contribution in [1.82, 2.24) is 10.8 Å². The molecule has 78 valence electrons. The summed E-state index contributed by atoms with van der Waals surface area (Å²) in [6.45, 7) is 7.85. The van der Waals surface area contributed by atoms with E-state index in [-0.39, 0.29) is 5.91 Å². The normalized spacial score (nSPS) is 10.5. The number of carbonyl (C=O) groups excluding carboxylic acids is 1. The van der Waals surface area contributed by atoms with Gasteiger partial charge in [-0.25, -0.2) is 5.48 Å². The van der Waals surface area contributed by atoms with Crippen LogP contribution in [0.2, 0.25) is 0 Å².